The first-order valence-corrected chi connectivity index (χ1v) is 5.14. The zero-order valence-corrected chi connectivity index (χ0v) is 11.6. The van der Waals surface area contributed by atoms with Crippen molar-refractivity contribution in [3.63, 3.8) is 0 Å². The summed E-state index contributed by atoms with van der Waals surface area (Å²) in [6, 6.07) is 0. The summed E-state index contributed by atoms with van der Waals surface area (Å²) >= 11 is 0. The van der Waals surface area contributed by atoms with E-state index in [2.05, 4.69) is 13.8 Å². The summed E-state index contributed by atoms with van der Waals surface area (Å²) in [5, 5.41) is 8.83. The van der Waals surface area contributed by atoms with Crippen LogP contribution in [0.1, 0.15) is 55.2 Å². The van der Waals surface area contributed by atoms with Crippen LogP contribution in [0.3, 0.4) is 0 Å². The molecule has 0 aliphatic heterocycles. The fraction of sp³-hybridized carbons (Fsp3) is 0.727. The molecule has 0 bridgehead atoms. The average Bonchev–Trinajstić information content (AvgIpc) is 2.10. The third-order valence-electron chi connectivity index (χ3n) is 2.02. The fourth-order valence-electron chi connectivity index (χ4n) is 1.14. The maximum Gasteiger partial charge on any atom is 2.00 e. The van der Waals surface area contributed by atoms with Gasteiger partial charge in [0.05, 0.1) is 0 Å². The van der Waals surface area contributed by atoms with E-state index in [0.717, 1.165) is 38.5 Å². The third kappa shape index (κ3) is 9.04. The van der Waals surface area contributed by atoms with E-state index in [1.165, 1.54) is 0 Å². The molecule has 0 saturated carbocycles. The number of allylic oxidation sites excluding steroid dienone is 1. The van der Waals surface area contributed by atoms with Crippen LogP contribution in [0.25, 0.3) is 0 Å². The van der Waals surface area contributed by atoms with E-state index in [0.29, 0.717) is 5.57 Å². The monoisotopic (exact) mass is 226 g/mol. The molecule has 0 rings (SSSR count). The van der Waals surface area contributed by atoms with Gasteiger partial charge in [-0.3, -0.25) is 0 Å². The van der Waals surface area contributed by atoms with Gasteiger partial charge in [0.1, 0.15) is 0 Å². The van der Waals surface area contributed by atoms with E-state index in [1.807, 2.05) is 6.08 Å². The molecule has 0 aliphatic carbocycles. The molecule has 0 atom stereocenters. The Hall–Kier alpha value is 0.470. The van der Waals surface area contributed by atoms with Gasteiger partial charge in [-0.05, 0) is 19.3 Å². The summed E-state index contributed by atoms with van der Waals surface area (Å²) in [5.41, 5.74) is 0.593. The van der Waals surface area contributed by atoms with Gasteiger partial charge in [0.15, 0.2) is 0 Å². The van der Waals surface area contributed by atoms with Crippen LogP contribution < -0.4 is 0 Å². The number of carboxylic acid groups (broad SMARTS) is 1. The molecule has 14 heavy (non-hydrogen) atoms. The van der Waals surface area contributed by atoms with E-state index in [1.54, 1.807) is 0 Å². The van der Waals surface area contributed by atoms with Crippen molar-refractivity contribution in [2.75, 3.05) is 0 Å². The standard InChI is InChI=1S/C11H20O2.Ca.2H/c1-3-5-7-9-10(11(12)13)8-6-4-2;;;/h9H,3-8H2,1-2H3,(H,12,13);;;/q;+2;2*-1. The number of unbranched alkanes of at least 4 members (excludes halogenated alkanes) is 3. The molecular weight excluding hydrogens is 204 g/mol. The molecule has 1 N–H and O–H groups in total. The second-order valence-corrected chi connectivity index (χ2v) is 3.28. The normalized spacial score (nSPS) is 10.9. The fourth-order valence-corrected chi connectivity index (χ4v) is 1.14. The van der Waals surface area contributed by atoms with Crippen LogP contribution in [0.4, 0.5) is 0 Å². The molecule has 0 aromatic carbocycles. The average molecular weight is 226 g/mol. The van der Waals surface area contributed by atoms with Crippen LogP contribution in [0, 0.1) is 0 Å². The topological polar surface area (TPSA) is 37.3 Å². The van der Waals surface area contributed by atoms with Gasteiger partial charge in [-0.25, -0.2) is 4.79 Å². The Morgan fingerprint density at radius 1 is 1.29 bits per heavy atom. The minimum atomic E-state index is -0.746. The quantitative estimate of drug-likeness (QED) is 0.411. The van der Waals surface area contributed by atoms with Crippen molar-refractivity contribution in [3.8, 4) is 0 Å². The van der Waals surface area contributed by atoms with E-state index in [-0.39, 0.29) is 40.6 Å². The number of carbonyl (C=O) groups is 1. The van der Waals surface area contributed by atoms with Crippen LogP contribution in [-0.2, 0) is 4.79 Å². The van der Waals surface area contributed by atoms with Gasteiger partial charge in [0.25, 0.3) is 0 Å². The number of carboxylic acids is 1. The molecule has 3 heteroatoms. The Kier molecular flexibility index (Phi) is 13.9. The molecule has 0 spiro atoms. The van der Waals surface area contributed by atoms with Gasteiger partial charge >= 0.3 is 43.7 Å². The first-order valence-electron chi connectivity index (χ1n) is 5.14. The number of aliphatic carboxylic acids is 1. The van der Waals surface area contributed by atoms with Crippen molar-refractivity contribution in [2.24, 2.45) is 0 Å². The van der Waals surface area contributed by atoms with Gasteiger partial charge in [-0.15, -0.1) is 0 Å². The minimum Gasteiger partial charge on any atom is -1.00 e. The summed E-state index contributed by atoms with van der Waals surface area (Å²) in [6.45, 7) is 4.19. The van der Waals surface area contributed by atoms with E-state index < -0.39 is 5.97 Å². The molecule has 0 unspecified atom stereocenters. The Morgan fingerprint density at radius 3 is 2.29 bits per heavy atom. The molecule has 80 valence electrons. The second-order valence-electron chi connectivity index (χ2n) is 3.28. The van der Waals surface area contributed by atoms with E-state index >= 15 is 0 Å². The molecule has 0 heterocycles. The van der Waals surface area contributed by atoms with Crippen molar-refractivity contribution in [1.82, 2.24) is 0 Å². The summed E-state index contributed by atoms with van der Waals surface area (Å²) in [6.07, 6.45) is 7.74. The number of rotatable bonds is 7. The second kappa shape index (κ2) is 11.5. The zero-order chi connectivity index (χ0) is 10.1. The molecule has 2 nitrogen and oxygen atoms in total. The van der Waals surface area contributed by atoms with E-state index in [4.69, 9.17) is 5.11 Å². The van der Waals surface area contributed by atoms with Gasteiger partial charge in [-0.2, -0.15) is 0 Å². The molecule has 0 fully saturated rings. The Balaban J connectivity index is -0.000000240. The van der Waals surface area contributed by atoms with Gasteiger partial charge in [0.2, 0.25) is 0 Å². The van der Waals surface area contributed by atoms with Gasteiger partial charge < -0.3 is 7.96 Å². The van der Waals surface area contributed by atoms with Gasteiger partial charge in [-0.1, -0.05) is 39.2 Å². The molecule has 0 saturated heterocycles. The molecule has 0 amide bonds. The predicted molar refractivity (Wildman–Crippen MR) is 62.7 cm³/mol. The Morgan fingerprint density at radius 2 is 1.86 bits per heavy atom. The summed E-state index contributed by atoms with van der Waals surface area (Å²) < 4.78 is 0. The van der Waals surface area contributed by atoms with Crippen LogP contribution in [0.2, 0.25) is 0 Å². The largest absolute Gasteiger partial charge is 2.00 e. The molecule has 0 aliphatic rings. The van der Waals surface area contributed by atoms with Crippen molar-refractivity contribution < 1.29 is 12.8 Å². The van der Waals surface area contributed by atoms with Crippen LogP contribution in [0.15, 0.2) is 11.6 Å². The third-order valence-corrected chi connectivity index (χ3v) is 2.02. The first-order chi connectivity index (χ1) is 6.22. The van der Waals surface area contributed by atoms with Crippen molar-refractivity contribution in [1.29, 1.82) is 0 Å². The SMILES string of the molecule is CCCCC=C(CCCC)C(=O)O.[Ca+2].[H-].[H-]. The maximum absolute atomic E-state index is 10.7. The number of hydrogen-bond donors (Lipinski definition) is 1. The first kappa shape index (κ1) is 16.9. The number of hydrogen-bond acceptors (Lipinski definition) is 1. The zero-order valence-electron chi connectivity index (χ0n) is 11.4. The minimum absolute atomic E-state index is 0. The molecule has 0 aromatic heterocycles. The molecule has 0 aromatic rings. The van der Waals surface area contributed by atoms with Crippen LogP contribution in [0.5, 0.6) is 0 Å². The smallest absolute Gasteiger partial charge is 1.00 e. The summed E-state index contributed by atoms with van der Waals surface area (Å²) in [7, 11) is 0. The Labute approximate surface area is 120 Å². The Bertz CT molecular complexity index is 185. The van der Waals surface area contributed by atoms with Crippen molar-refractivity contribution in [2.45, 2.75) is 52.4 Å². The summed E-state index contributed by atoms with van der Waals surface area (Å²) in [5.74, 6) is -0.746. The van der Waals surface area contributed by atoms with E-state index in [9.17, 15) is 4.79 Å². The predicted octanol–water partition coefficient (Wildman–Crippen LogP) is 3.22. The van der Waals surface area contributed by atoms with Crippen LogP contribution >= 0.6 is 0 Å². The van der Waals surface area contributed by atoms with Crippen molar-refractivity contribution >= 4 is 43.7 Å². The molecular formula is C11H22CaO2. The van der Waals surface area contributed by atoms with Crippen LogP contribution in [-0.4, -0.2) is 48.8 Å². The summed E-state index contributed by atoms with van der Waals surface area (Å²) in [4.78, 5) is 10.7. The van der Waals surface area contributed by atoms with Crippen molar-refractivity contribution in [3.05, 3.63) is 11.6 Å². The molecule has 0 radical (unpaired) electrons. The van der Waals surface area contributed by atoms with Gasteiger partial charge in [0, 0.05) is 5.57 Å². The maximum atomic E-state index is 10.7.